The molecule has 8 heteroatoms. The fraction of sp³-hybridized carbons (Fsp3) is 0.444. The number of methoxy groups -OCH3 is 4. The number of fused-ring (bicyclic) bond motifs is 3. The fourth-order valence-electron chi connectivity index (χ4n) is 4.49. The Bertz CT molecular complexity index is 1150. The molecule has 0 saturated heterocycles. The van der Waals surface area contributed by atoms with Crippen molar-refractivity contribution < 1.29 is 38.7 Å². The minimum absolute atomic E-state index is 0.0334. The topological polar surface area (TPSA) is 104 Å². The smallest absolute Gasteiger partial charge is 0.338 e. The minimum Gasteiger partial charge on any atom is -0.504 e. The van der Waals surface area contributed by atoms with E-state index < -0.39 is 12.1 Å². The van der Waals surface area contributed by atoms with Crippen LogP contribution >= 0.6 is 0 Å². The standard InChI is InChI=1S/C27H34O8/c1-9-13(2)27(30)35-26-20-16(11-19(31-5)24(26)33-7)10-14(3)15(4)22(29)17-12-18(28)23(32-6)25(34-8)21(17)20/h9,11-12,14-15,22,28-29H,10H2,1-8H3/b13-9-/t14-,15+,22+/m0/s1. The van der Waals surface area contributed by atoms with Gasteiger partial charge in [0, 0.05) is 16.7 Å². The summed E-state index contributed by atoms with van der Waals surface area (Å²) in [5.74, 6) is 0.200. The molecular formula is C27H34O8. The zero-order chi connectivity index (χ0) is 26.0. The third-order valence-corrected chi connectivity index (χ3v) is 6.82. The van der Waals surface area contributed by atoms with Crippen molar-refractivity contribution >= 4 is 5.97 Å². The number of hydrogen-bond donors (Lipinski definition) is 2. The van der Waals surface area contributed by atoms with Gasteiger partial charge in [-0.2, -0.15) is 0 Å². The molecule has 0 heterocycles. The van der Waals surface area contributed by atoms with Crippen LogP contribution in [0.4, 0.5) is 0 Å². The largest absolute Gasteiger partial charge is 0.504 e. The molecule has 0 saturated carbocycles. The molecule has 1 aliphatic carbocycles. The maximum absolute atomic E-state index is 12.9. The second kappa shape index (κ2) is 10.5. The molecule has 2 aromatic carbocycles. The molecule has 0 bridgehead atoms. The number of ether oxygens (including phenoxy) is 5. The Morgan fingerprint density at radius 2 is 1.57 bits per heavy atom. The monoisotopic (exact) mass is 486 g/mol. The van der Waals surface area contributed by atoms with E-state index in [0.29, 0.717) is 34.4 Å². The van der Waals surface area contributed by atoms with Gasteiger partial charge < -0.3 is 33.9 Å². The Morgan fingerprint density at radius 1 is 0.943 bits per heavy atom. The second-order valence-electron chi connectivity index (χ2n) is 8.75. The number of esters is 1. The highest BCUT2D eigenvalue weighted by Gasteiger charge is 2.37. The Balaban J connectivity index is 2.56. The SMILES string of the molecule is C/C=C(/C)C(=O)Oc1c(OC)c(OC)cc2c1-c1c(cc(O)c(OC)c1OC)[C@H](O)[C@H](C)[C@@H](C)C2. The number of benzene rings is 2. The first kappa shape index (κ1) is 26.2. The number of phenols is 1. The molecule has 0 amide bonds. The lowest BCUT2D eigenvalue weighted by molar-refractivity contribution is -0.130. The summed E-state index contributed by atoms with van der Waals surface area (Å²) in [6.45, 7) is 7.39. The molecule has 0 radical (unpaired) electrons. The first-order chi connectivity index (χ1) is 16.6. The number of aromatic hydroxyl groups is 1. The molecule has 0 unspecified atom stereocenters. The van der Waals surface area contributed by atoms with Crippen LogP contribution in [0.3, 0.4) is 0 Å². The third kappa shape index (κ3) is 4.50. The van der Waals surface area contributed by atoms with Crippen LogP contribution in [-0.4, -0.2) is 44.6 Å². The van der Waals surface area contributed by atoms with Crippen molar-refractivity contribution in [1.29, 1.82) is 0 Å². The van der Waals surface area contributed by atoms with Crippen LogP contribution in [0.5, 0.6) is 34.5 Å². The average Bonchev–Trinajstić information content (AvgIpc) is 2.85. The van der Waals surface area contributed by atoms with Gasteiger partial charge in [-0.05, 0) is 55.4 Å². The van der Waals surface area contributed by atoms with Crippen molar-refractivity contribution in [3.63, 3.8) is 0 Å². The van der Waals surface area contributed by atoms with E-state index in [9.17, 15) is 15.0 Å². The Labute approximate surface area is 206 Å². The van der Waals surface area contributed by atoms with E-state index in [4.69, 9.17) is 23.7 Å². The molecule has 35 heavy (non-hydrogen) atoms. The molecule has 1 aliphatic rings. The van der Waals surface area contributed by atoms with Gasteiger partial charge in [-0.15, -0.1) is 0 Å². The fourth-order valence-corrected chi connectivity index (χ4v) is 4.49. The number of rotatable bonds is 6. The lowest BCUT2D eigenvalue weighted by atomic mass is 9.76. The minimum atomic E-state index is -0.937. The van der Waals surface area contributed by atoms with E-state index >= 15 is 0 Å². The maximum Gasteiger partial charge on any atom is 0.338 e. The van der Waals surface area contributed by atoms with Gasteiger partial charge in [0.05, 0.1) is 34.5 Å². The molecular weight excluding hydrogens is 452 g/mol. The first-order valence-electron chi connectivity index (χ1n) is 11.4. The summed E-state index contributed by atoms with van der Waals surface area (Å²) in [6, 6.07) is 3.32. The van der Waals surface area contributed by atoms with E-state index in [1.165, 1.54) is 34.5 Å². The van der Waals surface area contributed by atoms with Crippen LogP contribution < -0.4 is 23.7 Å². The van der Waals surface area contributed by atoms with Gasteiger partial charge in [-0.25, -0.2) is 4.79 Å². The van der Waals surface area contributed by atoms with Crippen molar-refractivity contribution in [2.75, 3.05) is 28.4 Å². The molecule has 190 valence electrons. The van der Waals surface area contributed by atoms with Gasteiger partial charge in [0.15, 0.2) is 23.0 Å². The zero-order valence-corrected chi connectivity index (χ0v) is 21.5. The predicted octanol–water partition coefficient (Wildman–Crippen LogP) is 4.83. The van der Waals surface area contributed by atoms with Crippen LogP contribution in [-0.2, 0) is 11.2 Å². The van der Waals surface area contributed by atoms with Crippen LogP contribution in [0.15, 0.2) is 23.8 Å². The summed E-state index contributed by atoms with van der Waals surface area (Å²) in [6.07, 6.45) is 1.27. The van der Waals surface area contributed by atoms with E-state index in [1.54, 1.807) is 19.9 Å². The van der Waals surface area contributed by atoms with Gasteiger partial charge >= 0.3 is 5.97 Å². The molecule has 2 N–H and O–H groups in total. The number of allylic oxidation sites excluding steroid dienone is 1. The number of phenolic OH excluding ortho intramolecular Hbond substituents is 1. The summed E-state index contributed by atoms with van der Waals surface area (Å²) >= 11 is 0. The predicted molar refractivity (Wildman–Crippen MR) is 132 cm³/mol. The normalized spacial score (nSPS) is 19.6. The van der Waals surface area contributed by atoms with Gasteiger partial charge in [0.25, 0.3) is 0 Å². The lowest BCUT2D eigenvalue weighted by Crippen LogP contribution is -2.23. The van der Waals surface area contributed by atoms with E-state index in [0.717, 1.165) is 5.56 Å². The highest BCUT2D eigenvalue weighted by atomic mass is 16.6. The van der Waals surface area contributed by atoms with E-state index in [1.807, 2.05) is 19.9 Å². The zero-order valence-electron chi connectivity index (χ0n) is 21.5. The van der Waals surface area contributed by atoms with Crippen LogP contribution in [0.2, 0.25) is 0 Å². The highest BCUT2D eigenvalue weighted by molar-refractivity contribution is 5.94. The number of aliphatic hydroxyl groups is 1. The molecule has 8 nitrogen and oxygen atoms in total. The first-order valence-corrected chi connectivity index (χ1v) is 11.4. The van der Waals surface area contributed by atoms with Gasteiger partial charge in [-0.3, -0.25) is 0 Å². The van der Waals surface area contributed by atoms with Crippen LogP contribution in [0.25, 0.3) is 11.1 Å². The molecule has 0 spiro atoms. The summed E-state index contributed by atoms with van der Waals surface area (Å²) in [5, 5.41) is 22.1. The van der Waals surface area contributed by atoms with Crippen molar-refractivity contribution in [2.24, 2.45) is 11.8 Å². The average molecular weight is 487 g/mol. The molecule has 0 aliphatic heterocycles. The molecule has 0 fully saturated rings. The summed E-state index contributed by atoms with van der Waals surface area (Å²) < 4.78 is 28.4. The maximum atomic E-state index is 12.9. The van der Waals surface area contributed by atoms with Crippen LogP contribution in [0, 0.1) is 11.8 Å². The Morgan fingerprint density at radius 3 is 2.11 bits per heavy atom. The number of aliphatic hydroxyl groups excluding tert-OH is 1. The summed E-state index contributed by atoms with van der Waals surface area (Å²) in [4.78, 5) is 12.9. The van der Waals surface area contributed by atoms with Crippen molar-refractivity contribution in [3.8, 4) is 45.6 Å². The van der Waals surface area contributed by atoms with Crippen molar-refractivity contribution in [2.45, 2.75) is 40.2 Å². The number of carbonyl (C=O) groups is 1. The van der Waals surface area contributed by atoms with E-state index in [-0.39, 0.29) is 40.6 Å². The van der Waals surface area contributed by atoms with Crippen molar-refractivity contribution in [3.05, 3.63) is 34.9 Å². The van der Waals surface area contributed by atoms with E-state index in [2.05, 4.69) is 0 Å². The molecule has 3 atom stereocenters. The third-order valence-electron chi connectivity index (χ3n) is 6.82. The molecule has 0 aromatic heterocycles. The molecule has 2 aromatic rings. The lowest BCUT2D eigenvalue weighted by Gasteiger charge is -2.33. The Kier molecular flexibility index (Phi) is 7.85. The summed E-state index contributed by atoms with van der Waals surface area (Å²) in [7, 11) is 5.84. The quantitative estimate of drug-likeness (QED) is 0.340. The van der Waals surface area contributed by atoms with Crippen LogP contribution in [0.1, 0.15) is 44.9 Å². The number of hydrogen-bond acceptors (Lipinski definition) is 8. The van der Waals surface area contributed by atoms with Gasteiger partial charge in [0.2, 0.25) is 11.5 Å². The number of carbonyl (C=O) groups excluding carboxylic acids is 1. The molecule has 3 rings (SSSR count). The second-order valence-corrected chi connectivity index (χ2v) is 8.75. The highest BCUT2D eigenvalue weighted by Crippen LogP contribution is 2.57. The summed E-state index contributed by atoms with van der Waals surface area (Å²) in [5.41, 5.74) is 2.59. The van der Waals surface area contributed by atoms with Crippen molar-refractivity contribution in [1.82, 2.24) is 0 Å². The van der Waals surface area contributed by atoms with Gasteiger partial charge in [-0.1, -0.05) is 19.9 Å². The Hall–Kier alpha value is -3.39. The van der Waals surface area contributed by atoms with Gasteiger partial charge in [0.1, 0.15) is 0 Å².